The fraction of sp³-hybridized carbons (Fsp3) is 0.214. The Morgan fingerprint density at radius 2 is 1.84 bits per heavy atom. The Bertz CT molecular complexity index is 562. The summed E-state index contributed by atoms with van der Waals surface area (Å²) in [5, 5.41) is 13.6. The second-order valence-electron chi connectivity index (χ2n) is 4.56. The first-order chi connectivity index (χ1) is 9.06. The molecule has 1 N–H and O–H groups in total. The Balaban J connectivity index is 2.10. The van der Waals surface area contributed by atoms with Crippen LogP contribution < -0.4 is 5.32 Å². The highest BCUT2D eigenvalue weighted by atomic mass is 16.6. The van der Waals surface area contributed by atoms with Crippen molar-refractivity contribution in [2.24, 2.45) is 0 Å². The molecule has 2 rings (SSSR count). The summed E-state index contributed by atoms with van der Waals surface area (Å²) >= 11 is 0. The maximum Gasteiger partial charge on any atom is 0.287 e. The molecule has 0 aliphatic rings. The number of nitrogens with zero attached hydrogens (tertiary/aromatic N) is 2. The summed E-state index contributed by atoms with van der Waals surface area (Å²) in [6, 6.07) is 11.1. The Morgan fingerprint density at radius 3 is 2.32 bits per heavy atom. The van der Waals surface area contributed by atoms with Gasteiger partial charge in [0.05, 0.1) is 4.92 Å². The number of hydrogen-bond donors (Lipinski definition) is 1. The number of nitrogens with one attached hydrogen (secondary N) is 1. The molecule has 0 radical (unpaired) electrons. The highest BCUT2D eigenvalue weighted by Crippen LogP contribution is 2.20. The van der Waals surface area contributed by atoms with Crippen LogP contribution in [0.5, 0.6) is 0 Å². The molecule has 0 saturated heterocycles. The molecule has 0 spiro atoms. The van der Waals surface area contributed by atoms with Crippen LogP contribution in [0.25, 0.3) is 0 Å². The van der Waals surface area contributed by atoms with Gasteiger partial charge in [-0.05, 0) is 29.7 Å². The third kappa shape index (κ3) is 3.28. The first kappa shape index (κ1) is 13.0. The molecule has 0 saturated carbocycles. The van der Waals surface area contributed by atoms with Crippen LogP contribution in [0, 0.1) is 10.1 Å². The Hall–Kier alpha value is -2.43. The molecule has 1 aromatic carbocycles. The van der Waals surface area contributed by atoms with Gasteiger partial charge in [-0.1, -0.05) is 26.0 Å². The lowest BCUT2D eigenvalue weighted by atomic mass is 10.0. The van der Waals surface area contributed by atoms with E-state index in [1.807, 2.05) is 12.1 Å². The summed E-state index contributed by atoms with van der Waals surface area (Å²) in [5.74, 6) is 1.08. The Kier molecular flexibility index (Phi) is 3.75. The van der Waals surface area contributed by atoms with E-state index in [2.05, 4.69) is 36.3 Å². The van der Waals surface area contributed by atoms with Gasteiger partial charge in [-0.25, -0.2) is 4.98 Å². The Morgan fingerprint density at radius 1 is 1.16 bits per heavy atom. The van der Waals surface area contributed by atoms with Gasteiger partial charge >= 0.3 is 0 Å². The van der Waals surface area contributed by atoms with Gasteiger partial charge in [-0.3, -0.25) is 10.1 Å². The van der Waals surface area contributed by atoms with Crippen molar-refractivity contribution >= 4 is 17.2 Å². The molecule has 0 bridgehead atoms. The molecule has 19 heavy (non-hydrogen) atoms. The lowest BCUT2D eigenvalue weighted by Crippen LogP contribution is -1.95. The fourth-order valence-corrected chi connectivity index (χ4v) is 1.67. The minimum absolute atomic E-state index is 0.0132. The van der Waals surface area contributed by atoms with Crippen LogP contribution in [0.2, 0.25) is 0 Å². The monoisotopic (exact) mass is 257 g/mol. The van der Waals surface area contributed by atoms with Gasteiger partial charge in [0.1, 0.15) is 12.0 Å². The number of rotatable bonds is 4. The summed E-state index contributed by atoms with van der Waals surface area (Å²) in [5.41, 5.74) is 2.16. The summed E-state index contributed by atoms with van der Waals surface area (Å²) in [6.07, 6.45) is 1.24. The molecule has 0 aliphatic carbocycles. The Labute approximate surface area is 111 Å². The van der Waals surface area contributed by atoms with Crippen LogP contribution in [-0.4, -0.2) is 9.91 Å². The summed E-state index contributed by atoms with van der Waals surface area (Å²) < 4.78 is 0. The normalized spacial score (nSPS) is 10.5. The van der Waals surface area contributed by atoms with Gasteiger partial charge < -0.3 is 5.32 Å². The molecule has 0 atom stereocenters. The minimum atomic E-state index is -0.464. The molecule has 1 heterocycles. The average Bonchev–Trinajstić information content (AvgIpc) is 2.40. The minimum Gasteiger partial charge on any atom is -0.340 e. The molecule has 1 aromatic heterocycles. The van der Waals surface area contributed by atoms with Crippen molar-refractivity contribution in [1.82, 2.24) is 4.98 Å². The standard InChI is InChI=1S/C14H15N3O2/c1-10(2)11-3-5-12(6-4-11)16-14-8-7-13(9-15-14)17(18)19/h3-10H,1-2H3,(H,15,16). The first-order valence-electron chi connectivity index (χ1n) is 6.03. The number of pyridine rings is 1. The van der Waals surface area contributed by atoms with Crippen LogP contribution in [0.15, 0.2) is 42.6 Å². The van der Waals surface area contributed by atoms with E-state index in [1.54, 1.807) is 6.07 Å². The molecule has 98 valence electrons. The second-order valence-corrected chi connectivity index (χ2v) is 4.56. The molecule has 0 fully saturated rings. The van der Waals surface area contributed by atoms with E-state index in [-0.39, 0.29) is 5.69 Å². The second kappa shape index (κ2) is 5.48. The highest BCUT2D eigenvalue weighted by molar-refractivity contribution is 5.57. The average molecular weight is 257 g/mol. The van der Waals surface area contributed by atoms with E-state index < -0.39 is 4.92 Å². The van der Waals surface area contributed by atoms with Crippen molar-refractivity contribution in [3.05, 3.63) is 58.3 Å². The maximum absolute atomic E-state index is 10.5. The predicted octanol–water partition coefficient (Wildman–Crippen LogP) is 3.86. The van der Waals surface area contributed by atoms with Gasteiger partial charge in [-0.15, -0.1) is 0 Å². The van der Waals surface area contributed by atoms with E-state index in [0.717, 1.165) is 5.69 Å². The van der Waals surface area contributed by atoms with Crippen LogP contribution >= 0.6 is 0 Å². The van der Waals surface area contributed by atoms with Gasteiger partial charge in [0, 0.05) is 11.8 Å². The summed E-state index contributed by atoms with van der Waals surface area (Å²) in [6.45, 7) is 4.28. The lowest BCUT2D eigenvalue weighted by Gasteiger charge is -2.08. The molecule has 2 aromatic rings. The molecular formula is C14H15N3O2. The maximum atomic E-state index is 10.5. The van der Waals surface area contributed by atoms with Crippen molar-refractivity contribution in [2.45, 2.75) is 19.8 Å². The zero-order chi connectivity index (χ0) is 13.8. The number of hydrogen-bond acceptors (Lipinski definition) is 4. The number of nitro groups is 1. The smallest absolute Gasteiger partial charge is 0.287 e. The van der Waals surface area contributed by atoms with Gasteiger partial charge in [-0.2, -0.15) is 0 Å². The quantitative estimate of drug-likeness (QED) is 0.667. The zero-order valence-electron chi connectivity index (χ0n) is 10.8. The number of benzene rings is 1. The fourth-order valence-electron chi connectivity index (χ4n) is 1.67. The summed E-state index contributed by atoms with van der Waals surface area (Å²) in [7, 11) is 0. The molecule has 0 aliphatic heterocycles. The highest BCUT2D eigenvalue weighted by Gasteiger charge is 2.05. The lowest BCUT2D eigenvalue weighted by molar-refractivity contribution is -0.385. The molecule has 0 unspecified atom stereocenters. The molecule has 5 nitrogen and oxygen atoms in total. The van der Waals surface area contributed by atoms with Crippen molar-refractivity contribution < 1.29 is 4.92 Å². The first-order valence-corrected chi connectivity index (χ1v) is 6.03. The zero-order valence-corrected chi connectivity index (χ0v) is 10.8. The topological polar surface area (TPSA) is 68.1 Å². The molecular weight excluding hydrogens is 242 g/mol. The van der Waals surface area contributed by atoms with Gasteiger partial charge in [0.15, 0.2) is 0 Å². The van der Waals surface area contributed by atoms with E-state index in [4.69, 9.17) is 0 Å². The number of aromatic nitrogens is 1. The van der Waals surface area contributed by atoms with Crippen molar-refractivity contribution in [3.63, 3.8) is 0 Å². The van der Waals surface area contributed by atoms with E-state index in [0.29, 0.717) is 11.7 Å². The van der Waals surface area contributed by atoms with Gasteiger partial charge in [0.25, 0.3) is 5.69 Å². The van der Waals surface area contributed by atoms with Gasteiger partial charge in [0.2, 0.25) is 0 Å². The van der Waals surface area contributed by atoms with E-state index in [9.17, 15) is 10.1 Å². The van der Waals surface area contributed by atoms with Crippen molar-refractivity contribution in [1.29, 1.82) is 0 Å². The largest absolute Gasteiger partial charge is 0.340 e. The third-order valence-corrected chi connectivity index (χ3v) is 2.81. The van der Waals surface area contributed by atoms with E-state index in [1.165, 1.54) is 17.8 Å². The molecule has 5 heteroatoms. The van der Waals surface area contributed by atoms with Crippen LogP contribution in [-0.2, 0) is 0 Å². The third-order valence-electron chi connectivity index (χ3n) is 2.81. The van der Waals surface area contributed by atoms with Crippen LogP contribution in [0.4, 0.5) is 17.2 Å². The van der Waals surface area contributed by atoms with E-state index >= 15 is 0 Å². The SMILES string of the molecule is CC(C)c1ccc(Nc2ccc([N+](=O)[O-])cn2)cc1. The predicted molar refractivity (Wildman–Crippen MR) is 74.7 cm³/mol. The summed E-state index contributed by atoms with van der Waals surface area (Å²) in [4.78, 5) is 14.1. The van der Waals surface area contributed by atoms with Crippen LogP contribution in [0.3, 0.4) is 0 Å². The number of anilines is 2. The van der Waals surface area contributed by atoms with Crippen LogP contribution in [0.1, 0.15) is 25.3 Å². The van der Waals surface area contributed by atoms with Crippen molar-refractivity contribution in [3.8, 4) is 0 Å². The molecule has 0 amide bonds. The van der Waals surface area contributed by atoms with Crippen molar-refractivity contribution in [2.75, 3.05) is 5.32 Å².